The lowest BCUT2D eigenvalue weighted by Gasteiger charge is -2.51. The molecule has 9 fully saturated rings. The molecule has 119 heavy (non-hydrogen) atoms. The van der Waals surface area contributed by atoms with E-state index in [-0.39, 0.29) is 6.41 Å². The van der Waals surface area contributed by atoms with Crippen molar-refractivity contribution in [1.29, 1.82) is 0 Å². The van der Waals surface area contributed by atoms with Crippen molar-refractivity contribution < 1.29 is 237 Å². The summed E-state index contributed by atoms with van der Waals surface area (Å²) in [5.41, 5.74) is 0. The Morgan fingerprint density at radius 2 is 0.538 bits per heavy atom. The van der Waals surface area contributed by atoms with Gasteiger partial charge < -0.3 is 240 Å². The Morgan fingerprint density at radius 3 is 0.882 bits per heavy atom. The number of aliphatic hydroxyl groups is 25. The van der Waals surface area contributed by atoms with E-state index < -0.39 is 378 Å². The molecule has 0 unspecified atom stereocenters. The molecule has 9 heterocycles. The maximum atomic E-state index is 13.2. The lowest BCUT2D eigenvalue weighted by Crippen LogP contribution is -2.71. The molecular formula is C66H111N5O48. The molecule has 9 saturated heterocycles. The van der Waals surface area contributed by atoms with Gasteiger partial charge in [0, 0.05) is 27.7 Å². The standard InChI is InChI=1S/C66H111N5O48/c1-17(82)68-31-40(91)35(86)22(6-73)104-59(31)117-55-37(88)24(8-75)106-64(48(55)99)114-52-27(11-78)110-61(34(42(52)93)71-20(4)85)119-57-39(90)30(15-103-58-32(69-18(2)83)41(92)51(26(10-77)108-58)113-63-46(97)44(95)36(87)23(7-74)105-63)112-66(50(57)101)115-53-28(12-79)109-60(33(43(53)94)70-19(3)84)118-56-38(89)25(9-76)107-65(49(56)100)116-54-29(13-80)111-62(47(98)45(54)96)102-14-21(5-72)67-16-81/h16,21-66,72-80,86-101H,5-15H2,1-4H3,(H,67,81)(H,68,82)(H,69,83)(H,70,84)(H,71,85)/t21-,22-,23-,24-,25-,26-,27-,28-,29-,30-,31-,32-,33-,34-,35+,36+,37+,38+,39+,40-,41-,42-,43-,44+,45-,46-,47-,48-,49-,50-,51-,52-,53-,54-,55+,56+,57+,58-,59-,60+,61+,62-,63+,64+,65+,66+/m1/s1. The van der Waals surface area contributed by atoms with Crippen LogP contribution in [0, 0.1) is 0 Å². The zero-order valence-electron chi connectivity index (χ0n) is 64.0. The topological polar surface area (TPSA) is 817 Å². The first kappa shape index (κ1) is 98.4. The van der Waals surface area contributed by atoms with Crippen LogP contribution in [0.25, 0.3) is 0 Å². The molecule has 53 nitrogen and oxygen atoms in total. The van der Waals surface area contributed by atoms with Gasteiger partial charge in [0.25, 0.3) is 0 Å². The molecule has 0 saturated carbocycles. The molecule has 46 atom stereocenters. The maximum Gasteiger partial charge on any atom is 0.217 e. The van der Waals surface area contributed by atoms with E-state index in [9.17, 15) is 152 Å². The Kier molecular flexibility index (Phi) is 36.5. The Balaban J connectivity index is 1.00. The fourth-order valence-corrected chi connectivity index (χ4v) is 15.1. The van der Waals surface area contributed by atoms with Gasteiger partial charge in [-0.3, -0.25) is 24.0 Å². The molecule has 0 aliphatic carbocycles. The van der Waals surface area contributed by atoms with Gasteiger partial charge in [0.05, 0.1) is 78.7 Å². The Labute approximate surface area is 674 Å². The van der Waals surface area contributed by atoms with E-state index in [1.165, 1.54) is 0 Å². The second-order valence-corrected chi connectivity index (χ2v) is 29.6. The second-order valence-electron chi connectivity index (χ2n) is 29.6. The molecule has 0 radical (unpaired) electrons. The van der Waals surface area contributed by atoms with Crippen molar-refractivity contribution in [2.75, 3.05) is 72.7 Å². The summed E-state index contributed by atoms with van der Waals surface area (Å²) < 4.78 is 106. The van der Waals surface area contributed by atoms with Crippen molar-refractivity contribution in [1.82, 2.24) is 26.6 Å². The smallest absolute Gasteiger partial charge is 0.217 e. The van der Waals surface area contributed by atoms with Crippen LogP contribution in [0.2, 0.25) is 0 Å². The van der Waals surface area contributed by atoms with Gasteiger partial charge >= 0.3 is 0 Å². The molecule has 9 aliphatic heterocycles. The van der Waals surface area contributed by atoms with Crippen LogP contribution in [0.3, 0.4) is 0 Å². The zero-order valence-corrected chi connectivity index (χ0v) is 64.0. The van der Waals surface area contributed by atoms with E-state index in [0.717, 1.165) is 27.7 Å². The Hall–Kier alpha value is -4.37. The molecule has 0 bridgehead atoms. The van der Waals surface area contributed by atoms with E-state index in [4.69, 9.17) is 85.3 Å². The molecule has 9 aliphatic rings. The number of amides is 5. The third-order valence-electron chi connectivity index (χ3n) is 21.3. The van der Waals surface area contributed by atoms with Gasteiger partial charge in [-0.05, 0) is 0 Å². The van der Waals surface area contributed by atoms with Gasteiger partial charge in [0.15, 0.2) is 56.6 Å². The molecule has 30 N–H and O–H groups in total. The highest BCUT2D eigenvalue weighted by atomic mass is 16.8. The summed E-state index contributed by atoms with van der Waals surface area (Å²) in [5.74, 6) is -3.73. The molecule has 0 spiro atoms. The summed E-state index contributed by atoms with van der Waals surface area (Å²) in [7, 11) is 0. The van der Waals surface area contributed by atoms with Crippen LogP contribution < -0.4 is 26.6 Å². The molecule has 9 rings (SSSR count). The highest BCUT2D eigenvalue weighted by Crippen LogP contribution is 2.40. The van der Waals surface area contributed by atoms with Crippen molar-refractivity contribution in [2.24, 2.45) is 0 Å². The first-order chi connectivity index (χ1) is 56.5. The van der Waals surface area contributed by atoms with E-state index in [0.29, 0.717) is 0 Å². The van der Waals surface area contributed by atoms with Crippen molar-refractivity contribution in [2.45, 2.75) is 310 Å². The highest BCUT2D eigenvalue weighted by molar-refractivity contribution is 5.74. The minimum Gasteiger partial charge on any atom is -0.394 e. The number of carbonyl (C=O) groups is 5. The van der Waals surface area contributed by atoms with E-state index >= 15 is 0 Å². The number of ether oxygens (including phenoxy) is 18. The number of aliphatic hydroxyl groups excluding tert-OH is 25. The van der Waals surface area contributed by atoms with Crippen LogP contribution in [0.4, 0.5) is 0 Å². The predicted molar refractivity (Wildman–Crippen MR) is 367 cm³/mol. The lowest BCUT2D eigenvalue weighted by molar-refractivity contribution is -0.390. The van der Waals surface area contributed by atoms with Gasteiger partial charge in [-0.15, -0.1) is 0 Å². The number of hydrogen-bond acceptors (Lipinski definition) is 48. The van der Waals surface area contributed by atoms with Crippen molar-refractivity contribution in [3.05, 3.63) is 0 Å². The quantitative estimate of drug-likeness (QED) is 0.0262. The van der Waals surface area contributed by atoms with Crippen LogP contribution >= 0.6 is 0 Å². The lowest BCUT2D eigenvalue weighted by atomic mass is 9.93. The fraction of sp³-hybridized carbons (Fsp3) is 0.924. The normalized spacial score (nSPS) is 46.9. The van der Waals surface area contributed by atoms with Gasteiger partial charge in [0.2, 0.25) is 30.0 Å². The van der Waals surface area contributed by atoms with Gasteiger partial charge in [-0.2, -0.15) is 0 Å². The average molecular weight is 1740 g/mol. The third kappa shape index (κ3) is 22.5. The van der Waals surface area contributed by atoms with Crippen LogP contribution in [0.1, 0.15) is 27.7 Å². The Morgan fingerprint density at radius 1 is 0.277 bits per heavy atom. The molecule has 0 aromatic carbocycles. The monoisotopic (exact) mass is 1740 g/mol. The van der Waals surface area contributed by atoms with Gasteiger partial charge in [0.1, 0.15) is 219 Å². The number of carbonyl (C=O) groups excluding carboxylic acids is 5. The highest BCUT2D eigenvalue weighted by Gasteiger charge is 2.61. The first-order valence-corrected chi connectivity index (χ1v) is 37.8. The van der Waals surface area contributed by atoms with Crippen LogP contribution in [0.15, 0.2) is 0 Å². The summed E-state index contributed by atoms with van der Waals surface area (Å²) in [6, 6.07) is -8.62. The molecule has 5 amide bonds. The van der Waals surface area contributed by atoms with E-state index in [1.54, 1.807) is 0 Å². The van der Waals surface area contributed by atoms with Gasteiger partial charge in [-0.1, -0.05) is 0 Å². The molecule has 688 valence electrons. The average Bonchev–Trinajstić information content (AvgIpc) is 0.744. The third-order valence-corrected chi connectivity index (χ3v) is 21.3. The zero-order chi connectivity index (χ0) is 87.6. The largest absolute Gasteiger partial charge is 0.394 e. The minimum absolute atomic E-state index is 0.244. The number of rotatable bonds is 35. The van der Waals surface area contributed by atoms with Crippen LogP contribution in [-0.4, -0.2) is 513 Å². The summed E-state index contributed by atoms with van der Waals surface area (Å²) >= 11 is 0. The summed E-state index contributed by atoms with van der Waals surface area (Å²) in [6.45, 7) is -7.13. The summed E-state index contributed by atoms with van der Waals surface area (Å²) in [6.07, 6.45) is -83.8. The molecular weight excluding hydrogens is 1630 g/mol. The van der Waals surface area contributed by atoms with Crippen molar-refractivity contribution >= 4 is 30.0 Å². The molecule has 0 aromatic rings. The van der Waals surface area contributed by atoms with E-state index in [2.05, 4.69) is 26.6 Å². The van der Waals surface area contributed by atoms with E-state index in [1.807, 2.05) is 0 Å². The molecule has 53 heteroatoms. The first-order valence-electron chi connectivity index (χ1n) is 37.8. The fourth-order valence-electron chi connectivity index (χ4n) is 15.1. The van der Waals surface area contributed by atoms with Crippen molar-refractivity contribution in [3.8, 4) is 0 Å². The van der Waals surface area contributed by atoms with Gasteiger partial charge in [-0.25, -0.2) is 0 Å². The minimum atomic E-state index is -2.54. The molecule has 0 aromatic heterocycles. The predicted octanol–water partition coefficient (Wildman–Crippen LogP) is -20.9. The summed E-state index contributed by atoms with van der Waals surface area (Å²) in [5, 5.41) is 290. The summed E-state index contributed by atoms with van der Waals surface area (Å²) in [4.78, 5) is 62.6. The second kappa shape index (κ2) is 44.2. The number of hydrogen-bond donors (Lipinski definition) is 30. The Bertz CT molecular complexity index is 3160. The van der Waals surface area contributed by atoms with Crippen molar-refractivity contribution in [3.63, 3.8) is 0 Å². The maximum absolute atomic E-state index is 13.2. The SMILES string of the molecule is CC(=O)N[C@H]1[C@H](OC[C@H]2O[C@@H](O[C@H]3[C@H](O)[C@@H](NC(C)=O)[C@H](O[C@H]4[C@@H](O)[C@@H](CO)O[C@@H](O[C@H]5[C@H](O)[C@@H](O)[C@H](OC[C@@H](CO)NC=O)O[C@@H]5CO)[C@@H]4O)O[C@@H]3CO)[C@H](O)[C@@H](O[C@@H]3O[C@H](CO)[C@@H](O[C@@H]4O[C@H](CO)[C@H](O)[C@H](O[C@H]5O[C@H](CO)[C@H](O)[C@H](O)[C@H]5NC(C)=O)[C@H]4O)[C@H](O)[C@H]3NC(C)=O)[C@H]2O)O[C@H](CO)[C@@H](O[C@@H]2O[C@H](CO)[C@H](O)[C@H](O)[C@H]2O)[C@@H]1O. The van der Waals surface area contributed by atoms with Crippen LogP contribution in [0.5, 0.6) is 0 Å². The van der Waals surface area contributed by atoms with Crippen LogP contribution in [-0.2, 0) is 109 Å². The number of nitrogens with one attached hydrogen (secondary N) is 5.